The van der Waals surface area contributed by atoms with Crippen molar-refractivity contribution < 1.29 is 23.8 Å². The van der Waals surface area contributed by atoms with Gasteiger partial charge < -0.3 is 14.2 Å². The van der Waals surface area contributed by atoms with Crippen molar-refractivity contribution in [2.45, 2.75) is 71.2 Å². The molecule has 2 rings (SSSR count). The number of unbranched alkanes of at least 4 members (excludes halogenated alkanes) is 2. The van der Waals surface area contributed by atoms with Gasteiger partial charge in [-0.1, -0.05) is 26.2 Å². The molecular formula is C18H30O5. The van der Waals surface area contributed by atoms with Gasteiger partial charge in [0.1, 0.15) is 11.7 Å². The Morgan fingerprint density at radius 1 is 1.35 bits per heavy atom. The molecule has 5 atom stereocenters. The van der Waals surface area contributed by atoms with E-state index in [0.29, 0.717) is 6.61 Å². The third-order valence-electron chi connectivity index (χ3n) is 5.31. The number of carbonyl (C=O) groups is 2. The number of carbonyl (C=O) groups excluding carboxylic acids is 2. The highest BCUT2D eigenvalue weighted by Gasteiger charge is 2.57. The average molecular weight is 326 g/mol. The summed E-state index contributed by atoms with van der Waals surface area (Å²) in [6.45, 7) is 6.24. The summed E-state index contributed by atoms with van der Waals surface area (Å²) < 4.78 is 17.1. The molecule has 1 saturated carbocycles. The van der Waals surface area contributed by atoms with Gasteiger partial charge in [0.05, 0.1) is 19.8 Å². The molecule has 0 aromatic carbocycles. The second-order valence-electron chi connectivity index (χ2n) is 6.97. The van der Waals surface area contributed by atoms with Gasteiger partial charge in [-0.25, -0.2) is 0 Å². The Morgan fingerprint density at radius 2 is 2.09 bits per heavy atom. The van der Waals surface area contributed by atoms with Gasteiger partial charge in [0, 0.05) is 12.3 Å². The van der Waals surface area contributed by atoms with Gasteiger partial charge in [0.25, 0.3) is 0 Å². The zero-order valence-corrected chi connectivity index (χ0v) is 14.8. The summed E-state index contributed by atoms with van der Waals surface area (Å²) in [4.78, 5) is 24.3. The minimum atomic E-state index is -0.700. The molecule has 1 spiro atoms. The topological polar surface area (TPSA) is 61.8 Å². The van der Waals surface area contributed by atoms with E-state index in [2.05, 4.69) is 6.92 Å². The van der Waals surface area contributed by atoms with Crippen LogP contribution in [0.1, 0.15) is 59.3 Å². The van der Waals surface area contributed by atoms with Gasteiger partial charge in [0.15, 0.2) is 5.79 Å². The van der Waals surface area contributed by atoms with Crippen LogP contribution >= 0.6 is 0 Å². The summed E-state index contributed by atoms with van der Waals surface area (Å²) in [6, 6.07) is 0. The SMILES string of the molecule is CCCCCC1C(C(C(C)=O)C(=O)OC)CCC12OCC(C)O2. The van der Waals surface area contributed by atoms with Crippen LogP contribution in [0.25, 0.3) is 0 Å². The smallest absolute Gasteiger partial charge is 0.316 e. The third-order valence-corrected chi connectivity index (χ3v) is 5.31. The number of rotatable bonds is 7. The summed E-state index contributed by atoms with van der Waals surface area (Å²) in [5, 5.41) is 0. The third kappa shape index (κ3) is 3.77. The van der Waals surface area contributed by atoms with E-state index in [9.17, 15) is 9.59 Å². The molecule has 0 aromatic rings. The molecule has 0 radical (unpaired) electrons. The fourth-order valence-corrected chi connectivity index (χ4v) is 4.29. The van der Waals surface area contributed by atoms with Gasteiger partial charge in [0.2, 0.25) is 0 Å². The molecule has 2 aliphatic rings. The van der Waals surface area contributed by atoms with Crippen molar-refractivity contribution in [2.75, 3.05) is 13.7 Å². The van der Waals surface area contributed by atoms with E-state index < -0.39 is 17.7 Å². The molecule has 5 heteroatoms. The average Bonchev–Trinajstić information content (AvgIpc) is 3.04. The first-order chi connectivity index (χ1) is 10.9. The number of Topliss-reactive ketones (excluding diaryl/α,β-unsaturated/α-hetero) is 1. The van der Waals surface area contributed by atoms with Crippen molar-refractivity contribution in [1.29, 1.82) is 0 Å². The maximum Gasteiger partial charge on any atom is 0.316 e. The Hall–Kier alpha value is -0.940. The maximum absolute atomic E-state index is 12.2. The maximum atomic E-state index is 12.2. The van der Waals surface area contributed by atoms with Crippen LogP contribution in [0.3, 0.4) is 0 Å². The van der Waals surface area contributed by atoms with Crippen LogP contribution in [-0.2, 0) is 23.8 Å². The molecular weight excluding hydrogens is 296 g/mol. The number of hydrogen-bond donors (Lipinski definition) is 0. The molecule has 23 heavy (non-hydrogen) atoms. The van der Waals surface area contributed by atoms with E-state index in [-0.39, 0.29) is 23.7 Å². The number of hydrogen-bond acceptors (Lipinski definition) is 5. The Labute approximate surface area is 139 Å². The van der Waals surface area contributed by atoms with Crippen LogP contribution in [0, 0.1) is 17.8 Å². The number of ether oxygens (including phenoxy) is 3. The number of methoxy groups -OCH3 is 1. The van der Waals surface area contributed by atoms with E-state index in [0.717, 1.165) is 38.5 Å². The lowest BCUT2D eigenvalue weighted by molar-refractivity contribution is -0.199. The van der Waals surface area contributed by atoms with E-state index in [1.807, 2.05) is 6.92 Å². The van der Waals surface area contributed by atoms with Crippen LogP contribution in [-0.4, -0.2) is 37.4 Å². The highest BCUT2D eigenvalue weighted by Crippen LogP contribution is 2.52. The largest absolute Gasteiger partial charge is 0.468 e. The second kappa shape index (κ2) is 7.75. The lowest BCUT2D eigenvalue weighted by Crippen LogP contribution is -2.41. The van der Waals surface area contributed by atoms with E-state index in [4.69, 9.17) is 14.2 Å². The molecule has 5 nitrogen and oxygen atoms in total. The lowest BCUT2D eigenvalue weighted by Gasteiger charge is -2.34. The quantitative estimate of drug-likeness (QED) is 0.409. The fourth-order valence-electron chi connectivity index (χ4n) is 4.29. The molecule has 132 valence electrons. The highest BCUT2D eigenvalue weighted by molar-refractivity contribution is 5.98. The first kappa shape index (κ1) is 18.4. The molecule has 1 heterocycles. The monoisotopic (exact) mass is 326 g/mol. The summed E-state index contributed by atoms with van der Waals surface area (Å²) in [7, 11) is 1.35. The summed E-state index contributed by atoms with van der Waals surface area (Å²) >= 11 is 0. The van der Waals surface area contributed by atoms with Crippen molar-refractivity contribution in [2.24, 2.45) is 17.8 Å². The molecule has 1 saturated heterocycles. The molecule has 5 unspecified atom stereocenters. The van der Waals surface area contributed by atoms with Crippen LogP contribution in [0.2, 0.25) is 0 Å². The molecule has 0 aromatic heterocycles. The summed E-state index contributed by atoms with van der Waals surface area (Å²) in [5.41, 5.74) is 0. The fraction of sp³-hybridized carbons (Fsp3) is 0.889. The minimum absolute atomic E-state index is 0.0536. The Bertz CT molecular complexity index is 435. The zero-order chi connectivity index (χ0) is 17.0. The van der Waals surface area contributed by atoms with Crippen molar-refractivity contribution in [3.05, 3.63) is 0 Å². The minimum Gasteiger partial charge on any atom is -0.468 e. The first-order valence-electron chi connectivity index (χ1n) is 8.85. The number of esters is 1. The van der Waals surface area contributed by atoms with E-state index in [1.54, 1.807) is 0 Å². The van der Waals surface area contributed by atoms with Gasteiger partial charge in [-0.3, -0.25) is 9.59 Å². The van der Waals surface area contributed by atoms with Crippen molar-refractivity contribution in [3.63, 3.8) is 0 Å². The van der Waals surface area contributed by atoms with Gasteiger partial charge in [-0.05, 0) is 32.6 Å². The molecule has 1 aliphatic heterocycles. The summed E-state index contributed by atoms with van der Waals surface area (Å²) in [5.74, 6) is -1.83. The normalized spacial score (nSPS) is 34.7. The Morgan fingerprint density at radius 3 is 2.61 bits per heavy atom. The van der Waals surface area contributed by atoms with Gasteiger partial charge in [-0.15, -0.1) is 0 Å². The van der Waals surface area contributed by atoms with Crippen molar-refractivity contribution in [3.8, 4) is 0 Å². The van der Waals surface area contributed by atoms with Crippen molar-refractivity contribution in [1.82, 2.24) is 0 Å². The Kier molecular flexibility index (Phi) is 6.20. The van der Waals surface area contributed by atoms with E-state index >= 15 is 0 Å². The molecule has 0 amide bonds. The molecule has 2 fully saturated rings. The van der Waals surface area contributed by atoms with Crippen LogP contribution in [0.15, 0.2) is 0 Å². The molecule has 1 aliphatic carbocycles. The standard InChI is InChI=1S/C18H30O5/c1-5-6-7-8-15-14(16(13(3)19)17(20)21-4)9-10-18(15)22-11-12(2)23-18/h12,14-16H,5-11H2,1-4H3. The highest BCUT2D eigenvalue weighted by atomic mass is 16.7. The lowest BCUT2D eigenvalue weighted by atomic mass is 9.78. The van der Waals surface area contributed by atoms with E-state index in [1.165, 1.54) is 14.0 Å². The molecule has 0 bridgehead atoms. The zero-order valence-electron chi connectivity index (χ0n) is 14.8. The predicted molar refractivity (Wildman–Crippen MR) is 85.8 cm³/mol. The predicted octanol–water partition coefficient (Wildman–Crippen LogP) is 3.10. The summed E-state index contributed by atoms with van der Waals surface area (Å²) in [6.07, 6.45) is 5.84. The van der Waals surface area contributed by atoms with Crippen LogP contribution < -0.4 is 0 Å². The van der Waals surface area contributed by atoms with Crippen LogP contribution in [0.4, 0.5) is 0 Å². The van der Waals surface area contributed by atoms with Crippen LogP contribution in [0.5, 0.6) is 0 Å². The van der Waals surface area contributed by atoms with Gasteiger partial charge in [-0.2, -0.15) is 0 Å². The van der Waals surface area contributed by atoms with Gasteiger partial charge >= 0.3 is 5.97 Å². The number of ketones is 1. The van der Waals surface area contributed by atoms with Crippen molar-refractivity contribution >= 4 is 11.8 Å². The molecule has 0 N–H and O–H groups in total. The first-order valence-corrected chi connectivity index (χ1v) is 8.85. The second-order valence-corrected chi connectivity index (χ2v) is 6.97. The Balaban J connectivity index is 2.22.